The van der Waals surface area contributed by atoms with E-state index in [1.165, 1.54) is 26.7 Å². The predicted octanol–water partition coefficient (Wildman–Crippen LogP) is 4.36. The number of hydrogen-bond donors (Lipinski definition) is 1. The summed E-state index contributed by atoms with van der Waals surface area (Å²) in [7, 11) is 0. The Labute approximate surface area is 173 Å². The van der Waals surface area contributed by atoms with Gasteiger partial charge in [-0.1, -0.05) is 17.3 Å². The fourth-order valence-electron chi connectivity index (χ4n) is 4.16. The zero-order valence-corrected chi connectivity index (χ0v) is 17.1. The second-order valence-corrected chi connectivity index (χ2v) is 8.87. The van der Waals surface area contributed by atoms with E-state index in [4.69, 9.17) is 9.51 Å². The summed E-state index contributed by atoms with van der Waals surface area (Å²) in [6.45, 7) is 5.12. The molecule has 5 rings (SSSR count). The Morgan fingerprint density at radius 2 is 1.86 bits per heavy atom. The summed E-state index contributed by atoms with van der Waals surface area (Å²) in [6.07, 6.45) is 2.30. The number of nitrogens with one attached hydrogen (secondary N) is 1. The molecule has 6 heteroatoms. The first kappa shape index (κ1) is 18.5. The van der Waals surface area contributed by atoms with E-state index in [1.807, 2.05) is 18.3 Å². The van der Waals surface area contributed by atoms with Crippen LogP contribution in [-0.4, -0.2) is 23.2 Å². The first-order valence-electron chi connectivity index (χ1n) is 10.1. The minimum atomic E-state index is -0.244. The summed E-state index contributed by atoms with van der Waals surface area (Å²) in [5.41, 5.74) is 4.04. The minimum Gasteiger partial charge on any atom is -0.356 e. The first-order valence-corrected chi connectivity index (χ1v) is 10.9. The molecule has 1 aliphatic heterocycles. The Hall–Kier alpha value is -2.57. The van der Waals surface area contributed by atoms with E-state index in [0.717, 1.165) is 60.6 Å². The highest BCUT2D eigenvalue weighted by Gasteiger charge is 2.27. The van der Waals surface area contributed by atoms with Crippen LogP contribution in [0.1, 0.15) is 35.0 Å². The fourth-order valence-corrected chi connectivity index (χ4v) is 5.29. The smallest absolute Gasteiger partial charge is 0.170 e. The molecule has 3 heterocycles. The summed E-state index contributed by atoms with van der Waals surface area (Å²) >= 11 is 1.84. The van der Waals surface area contributed by atoms with Crippen LogP contribution in [0.25, 0.3) is 21.5 Å². The van der Waals surface area contributed by atoms with Crippen molar-refractivity contribution in [2.45, 2.75) is 32.2 Å². The molecule has 4 nitrogen and oxygen atoms in total. The van der Waals surface area contributed by atoms with Gasteiger partial charge in [0.05, 0.1) is 28.3 Å². The van der Waals surface area contributed by atoms with Crippen molar-refractivity contribution in [3.05, 3.63) is 70.6 Å². The number of piperidine rings is 1. The van der Waals surface area contributed by atoms with Crippen molar-refractivity contribution in [3.8, 4) is 11.3 Å². The van der Waals surface area contributed by atoms with E-state index in [0.29, 0.717) is 5.92 Å². The molecule has 1 saturated heterocycles. The van der Waals surface area contributed by atoms with E-state index in [-0.39, 0.29) is 5.82 Å². The zero-order chi connectivity index (χ0) is 19.8. The van der Waals surface area contributed by atoms with Gasteiger partial charge in [-0.25, -0.2) is 9.37 Å². The lowest BCUT2D eigenvalue weighted by Crippen LogP contribution is -3.11. The molecule has 1 aliphatic rings. The zero-order valence-electron chi connectivity index (χ0n) is 16.3. The van der Waals surface area contributed by atoms with Crippen molar-refractivity contribution < 1.29 is 13.8 Å². The van der Waals surface area contributed by atoms with Gasteiger partial charge in [-0.3, -0.25) is 0 Å². The molecule has 0 amide bonds. The third-order valence-corrected chi connectivity index (χ3v) is 7.10. The second kappa shape index (κ2) is 7.69. The predicted molar refractivity (Wildman–Crippen MR) is 113 cm³/mol. The molecule has 0 unspecified atom stereocenters. The van der Waals surface area contributed by atoms with Crippen LogP contribution in [0.15, 0.2) is 53.1 Å². The van der Waals surface area contributed by atoms with E-state index in [9.17, 15) is 4.39 Å². The number of halogens is 1. The average molecular weight is 409 g/mol. The summed E-state index contributed by atoms with van der Waals surface area (Å²) < 4.78 is 20.1. The highest BCUT2D eigenvalue weighted by molar-refractivity contribution is 7.18. The Morgan fingerprint density at radius 3 is 2.62 bits per heavy atom. The molecular formula is C23H23FN3OS+. The maximum atomic E-state index is 13.2. The number of fused-ring (bicyclic) bond motifs is 1. The number of thiazole rings is 1. The van der Waals surface area contributed by atoms with Gasteiger partial charge >= 0.3 is 0 Å². The van der Waals surface area contributed by atoms with Gasteiger partial charge in [0.25, 0.3) is 0 Å². The Balaban J connectivity index is 1.24. The average Bonchev–Trinajstić information content (AvgIpc) is 3.33. The fraction of sp³-hybridized carbons (Fsp3) is 0.304. The number of quaternary nitrogens is 1. The monoisotopic (exact) mass is 408 g/mol. The summed E-state index contributed by atoms with van der Waals surface area (Å²) in [4.78, 5) is 6.39. The lowest BCUT2D eigenvalue weighted by atomic mass is 9.97. The van der Waals surface area contributed by atoms with Crippen molar-refractivity contribution in [1.29, 1.82) is 0 Å². The molecule has 2 aromatic carbocycles. The van der Waals surface area contributed by atoms with E-state index in [2.05, 4.69) is 29.4 Å². The van der Waals surface area contributed by atoms with Crippen LogP contribution in [0.4, 0.5) is 4.39 Å². The Bertz CT molecular complexity index is 1090. The van der Waals surface area contributed by atoms with Gasteiger partial charge in [0, 0.05) is 29.9 Å². The minimum absolute atomic E-state index is 0.244. The third-order valence-electron chi connectivity index (χ3n) is 5.90. The number of benzene rings is 2. The SMILES string of the molecule is Cc1c(C[NH+]2CCC(c3nc4ccccc4s3)CC2)noc1-c1ccc(F)cc1. The van der Waals surface area contributed by atoms with E-state index >= 15 is 0 Å². The van der Waals surface area contributed by atoms with Crippen LogP contribution in [0.5, 0.6) is 0 Å². The van der Waals surface area contributed by atoms with Crippen molar-refractivity contribution >= 4 is 21.6 Å². The molecular weight excluding hydrogens is 385 g/mol. The molecule has 0 aliphatic carbocycles. The number of likely N-dealkylation sites (tertiary alicyclic amines) is 1. The van der Waals surface area contributed by atoms with Crippen molar-refractivity contribution in [2.24, 2.45) is 0 Å². The Morgan fingerprint density at radius 1 is 1.10 bits per heavy atom. The number of nitrogens with zero attached hydrogens (tertiary/aromatic N) is 2. The molecule has 0 spiro atoms. The summed E-state index contributed by atoms with van der Waals surface area (Å²) in [6, 6.07) is 14.8. The molecule has 0 saturated carbocycles. The molecule has 1 fully saturated rings. The molecule has 0 bridgehead atoms. The lowest BCUT2D eigenvalue weighted by Gasteiger charge is -2.27. The first-order chi connectivity index (χ1) is 14.2. The molecule has 148 valence electrons. The summed E-state index contributed by atoms with van der Waals surface area (Å²) in [5.74, 6) is 1.06. The highest BCUT2D eigenvalue weighted by Crippen LogP contribution is 2.32. The van der Waals surface area contributed by atoms with Gasteiger partial charge in [0.2, 0.25) is 0 Å². The maximum absolute atomic E-state index is 13.2. The standard InChI is InChI=1S/C23H22FN3OS/c1-15-20(26-28-22(15)16-6-8-18(24)9-7-16)14-27-12-10-17(11-13-27)23-25-19-4-2-3-5-21(19)29-23/h2-9,17H,10-14H2,1H3/p+1. The number of para-hydroxylation sites is 1. The van der Waals surface area contributed by atoms with Crippen LogP contribution in [0.3, 0.4) is 0 Å². The maximum Gasteiger partial charge on any atom is 0.170 e. The molecule has 0 radical (unpaired) electrons. The van der Waals surface area contributed by atoms with Crippen molar-refractivity contribution in [2.75, 3.05) is 13.1 Å². The van der Waals surface area contributed by atoms with Gasteiger partial charge in [-0.15, -0.1) is 11.3 Å². The normalized spacial score (nSPS) is 19.7. The van der Waals surface area contributed by atoms with Crippen LogP contribution < -0.4 is 4.90 Å². The van der Waals surface area contributed by atoms with Crippen molar-refractivity contribution in [1.82, 2.24) is 10.1 Å². The number of hydrogen-bond acceptors (Lipinski definition) is 4. The van der Waals surface area contributed by atoms with E-state index in [1.54, 1.807) is 12.1 Å². The second-order valence-electron chi connectivity index (χ2n) is 7.81. The van der Waals surface area contributed by atoms with Crippen LogP contribution in [-0.2, 0) is 6.54 Å². The van der Waals surface area contributed by atoms with Crippen LogP contribution in [0.2, 0.25) is 0 Å². The number of aromatic nitrogens is 2. The largest absolute Gasteiger partial charge is 0.356 e. The lowest BCUT2D eigenvalue weighted by molar-refractivity contribution is -0.919. The van der Waals surface area contributed by atoms with Gasteiger partial charge in [0.1, 0.15) is 18.1 Å². The van der Waals surface area contributed by atoms with Gasteiger partial charge in [-0.05, 0) is 43.3 Å². The Kier molecular flexibility index (Phi) is 4.89. The summed E-state index contributed by atoms with van der Waals surface area (Å²) in [5, 5.41) is 5.59. The molecule has 0 atom stereocenters. The quantitative estimate of drug-likeness (QED) is 0.546. The molecule has 29 heavy (non-hydrogen) atoms. The topological polar surface area (TPSA) is 43.4 Å². The highest BCUT2D eigenvalue weighted by atomic mass is 32.1. The van der Waals surface area contributed by atoms with Gasteiger partial charge in [-0.2, -0.15) is 0 Å². The van der Waals surface area contributed by atoms with Crippen LogP contribution >= 0.6 is 11.3 Å². The van der Waals surface area contributed by atoms with Gasteiger partial charge in [0.15, 0.2) is 5.76 Å². The number of rotatable bonds is 4. The van der Waals surface area contributed by atoms with E-state index < -0.39 is 0 Å². The van der Waals surface area contributed by atoms with Crippen LogP contribution in [0, 0.1) is 12.7 Å². The third kappa shape index (κ3) is 3.70. The van der Waals surface area contributed by atoms with Gasteiger partial charge < -0.3 is 9.42 Å². The van der Waals surface area contributed by atoms with Crippen molar-refractivity contribution in [3.63, 3.8) is 0 Å². The molecule has 4 aromatic rings. The molecule has 1 N–H and O–H groups in total. The molecule has 2 aromatic heterocycles.